The van der Waals surface area contributed by atoms with Gasteiger partial charge in [0, 0.05) is 44.5 Å². The lowest BCUT2D eigenvalue weighted by atomic mass is 10.1. The van der Waals surface area contributed by atoms with Crippen LogP contribution < -0.4 is 10.2 Å². The van der Waals surface area contributed by atoms with Gasteiger partial charge in [0.15, 0.2) is 5.78 Å². The molecule has 0 aliphatic carbocycles. The average Bonchev–Trinajstić information content (AvgIpc) is 2.64. The molecule has 2 rings (SSSR count). The molecule has 1 N–H and O–H groups in total. The van der Waals surface area contributed by atoms with Crippen LogP contribution in [-0.4, -0.2) is 45.0 Å². The van der Waals surface area contributed by atoms with Crippen LogP contribution in [-0.2, 0) is 9.53 Å². The van der Waals surface area contributed by atoms with Crippen molar-refractivity contribution < 1.29 is 14.3 Å². The number of benzene rings is 1. The monoisotopic (exact) mass is 290 g/mol. The molecule has 1 amide bonds. The van der Waals surface area contributed by atoms with Crippen LogP contribution in [0.5, 0.6) is 0 Å². The number of amides is 1. The largest absolute Gasteiger partial charge is 0.385 e. The van der Waals surface area contributed by atoms with Crippen LogP contribution in [0.25, 0.3) is 0 Å². The van der Waals surface area contributed by atoms with Crippen molar-refractivity contribution in [2.24, 2.45) is 0 Å². The first-order valence-corrected chi connectivity index (χ1v) is 7.35. The van der Waals surface area contributed by atoms with E-state index in [1.54, 1.807) is 7.11 Å². The molecule has 0 fully saturated rings. The molecule has 21 heavy (non-hydrogen) atoms. The standard InChI is InChI=1S/C16H22N2O3/c1-21-11-5-9-17-16(20)12-18-10-4-8-15(19)13-6-2-3-7-14(13)18/h2-3,6-7H,4-5,8-12H2,1H3,(H,17,20). The van der Waals surface area contributed by atoms with Gasteiger partial charge >= 0.3 is 0 Å². The molecule has 0 bridgehead atoms. The van der Waals surface area contributed by atoms with E-state index in [2.05, 4.69) is 5.32 Å². The molecule has 1 aliphatic rings. The molecule has 0 saturated carbocycles. The van der Waals surface area contributed by atoms with E-state index in [-0.39, 0.29) is 18.2 Å². The Hall–Kier alpha value is -1.88. The fraction of sp³-hybridized carbons (Fsp3) is 0.500. The third-order valence-electron chi connectivity index (χ3n) is 3.56. The van der Waals surface area contributed by atoms with Gasteiger partial charge in [-0.05, 0) is 25.0 Å². The topological polar surface area (TPSA) is 58.6 Å². The first kappa shape index (κ1) is 15.5. The molecule has 114 valence electrons. The fourth-order valence-corrected chi connectivity index (χ4v) is 2.51. The third-order valence-corrected chi connectivity index (χ3v) is 3.56. The highest BCUT2D eigenvalue weighted by Crippen LogP contribution is 2.25. The molecule has 0 aromatic heterocycles. The molecule has 1 heterocycles. The van der Waals surface area contributed by atoms with Crippen molar-refractivity contribution in [1.29, 1.82) is 0 Å². The van der Waals surface area contributed by atoms with Gasteiger partial charge in [-0.3, -0.25) is 9.59 Å². The Morgan fingerprint density at radius 1 is 1.38 bits per heavy atom. The predicted octanol–water partition coefficient (Wildman–Crippen LogP) is 1.62. The highest BCUT2D eigenvalue weighted by Gasteiger charge is 2.21. The molecule has 1 aliphatic heterocycles. The lowest BCUT2D eigenvalue weighted by Crippen LogP contribution is -2.38. The van der Waals surface area contributed by atoms with E-state index in [9.17, 15) is 9.59 Å². The summed E-state index contributed by atoms with van der Waals surface area (Å²) in [5.41, 5.74) is 1.59. The lowest BCUT2D eigenvalue weighted by Gasteiger charge is -2.23. The number of ketones is 1. The number of fused-ring (bicyclic) bond motifs is 1. The number of hydrogen-bond acceptors (Lipinski definition) is 4. The molecule has 0 unspecified atom stereocenters. The second kappa shape index (κ2) is 7.78. The zero-order valence-corrected chi connectivity index (χ0v) is 12.4. The third kappa shape index (κ3) is 4.29. The summed E-state index contributed by atoms with van der Waals surface area (Å²) in [5.74, 6) is 0.142. The minimum atomic E-state index is -0.0183. The van der Waals surface area contributed by atoms with E-state index in [1.807, 2.05) is 29.2 Å². The fourth-order valence-electron chi connectivity index (χ4n) is 2.51. The molecule has 1 aromatic rings. The summed E-state index contributed by atoms with van der Waals surface area (Å²) in [6.45, 7) is 2.27. The highest BCUT2D eigenvalue weighted by atomic mass is 16.5. The summed E-state index contributed by atoms with van der Waals surface area (Å²) in [6, 6.07) is 7.52. The number of hydrogen-bond donors (Lipinski definition) is 1. The van der Waals surface area contributed by atoms with E-state index in [1.165, 1.54) is 0 Å². The lowest BCUT2D eigenvalue weighted by molar-refractivity contribution is -0.119. The molecule has 1 aromatic carbocycles. The molecule has 0 radical (unpaired) electrons. The SMILES string of the molecule is COCCCNC(=O)CN1CCCC(=O)c2ccccc21. The Bertz CT molecular complexity index is 502. The first-order valence-electron chi connectivity index (χ1n) is 7.35. The van der Waals surface area contributed by atoms with E-state index in [0.29, 0.717) is 19.6 Å². The number of methoxy groups -OCH3 is 1. The van der Waals surface area contributed by atoms with Gasteiger partial charge < -0.3 is 15.0 Å². The van der Waals surface area contributed by atoms with Gasteiger partial charge in [-0.25, -0.2) is 0 Å². The summed E-state index contributed by atoms with van der Waals surface area (Å²) in [7, 11) is 1.65. The quantitative estimate of drug-likeness (QED) is 0.809. The van der Waals surface area contributed by atoms with Crippen LogP contribution in [0, 0.1) is 0 Å². The normalized spacial score (nSPS) is 14.5. The number of anilines is 1. The maximum absolute atomic E-state index is 12.0. The summed E-state index contributed by atoms with van der Waals surface area (Å²) < 4.78 is 4.95. The first-order chi connectivity index (χ1) is 10.2. The molecule has 5 heteroatoms. The van der Waals surface area contributed by atoms with Crippen molar-refractivity contribution >= 4 is 17.4 Å². The number of nitrogens with one attached hydrogen (secondary N) is 1. The van der Waals surface area contributed by atoms with Crippen molar-refractivity contribution in [3.05, 3.63) is 29.8 Å². The van der Waals surface area contributed by atoms with Gasteiger partial charge in [-0.1, -0.05) is 12.1 Å². The molecule has 0 saturated heterocycles. The number of rotatable bonds is 6. The molecule has 0 atom stereocenters. The molecule has 0 spiro atoms. The molecular weight excluding hydrogens is 268 g/mol. The van der Waals surface area contributed by atoms with Crippen molar-refractivity contribution in [2.75, 3.05) is 38.3 Å². The molecular formula is C16H22N2O3. The van der Waals surface area contributed by atoms with E-state index in [0.717, 1.165) is 30.6 Å². The van der Waals surface area contributed by atoms with Gasteiger partial charge in [-0.2, -0.15) is 0 Å². The van der Waals surface area contributed by atoms with Crippen molar-refractivity contribution in [3.8, 4) is 0 Å². The second-order valence-electron chi connectivity index (χ2n) is 5.16. The van der Waals surface area contributed by atoms with Crippen molar-refractivity contribution in [2.45, 2.75) is 19.3 Å². The summed E-state index contributed by atoms with van der Waals surface area (Å²) >= 11 is 0. The summed E-state index contributed by atoms with van der Waals surface area (Å²) in [4.78, 5) is 26.0. The van der Waals surface area contributed by atoms with Crippen LogP contribution in [0.4, 0.5) is 5.69 Å². The number of Topliss-reactive ketones (excluding diaryl/α,β-unsaturated/α-hetero) is 1. The Kier molecular flexibility index (Phi) is 5.75. The maximum atomic E-state index is 12.0. The van der Waals surface area contributed by atoms with E-state index < -0.39 is 0 Å². The van der Waals surface area contributed by atoms with Gasteiger partial charge in [0.1, 0.15) is 0 Å². The minimum absolute atomic E-state index is 0.0183. The van der Waals surface area contributed by atoms with Crippen LogP contribution in [0.2, 0.25) is 0 Å². The highest BCUT2D eigenvalue weighted by molar-refractivity contribution is 6.02. The maximum Gasteiger partial charge on any atom is 0.239 e. The van der Waals surface area contributed by atoms with Crippen molar-refractivity contribution in [1.82, 2.24) is 5.32 Å². The number of para-hydroxylation sites is 1. The summed E-state index contributed by atoms with van der Waals surface area (Å²) in [6.07, 6.45) is 2.13. The number of carbonyl (C=O) groups excluding carboxylic acids is 2. The average molecular weight is 290 g/mol. The van der Waals surface area contributed by atoms with E-state index >= 15 is 0 Å². The molecule has 5 nitrogen and oxygen atoms in total. The van der Waals surface area contributed by atoms with Gasteiger partial charge in [0.05, 0.1) is 6.54 Å². The number of nitrogens with zero attached hydrogens (tertiary/aromatic N) is 1. The zero-order valence-electron chi connectivity index (χ0n) is 12.4. The Balaban J connectivity index is 1.98. The summed E-state index contributed by atoms with van der Waals surface area (Å²) in [5, 5.41) is 2.88. The Labute approximate surface area is 125 Å². The number of ether oxygens (including phenoxy) is 1. The van der Waals surface area contributed by atoms with Crippen LogP contribution >= 0.6 is 0 Å². The van der Waals surface area contributed by atoms with Crippen LogP contribution in [0.3, 0.4) is 0 Å². The van der Waals surface area contributed by atoms with Gasteiger partial charge in [0.2, 0.25) is 5.91 Å². The van der Waals surface area contributed by atoms with Gasteiger partial charge in [-0.15, -0.1) is 0 Å². The Morgan fingerprint density at radius 3 is 3.00 bits per heavy atom. The minimum Gasteiger partial charge on any atom is -0.385 e. The van der Waals surface area contributed by atoms with Crippen LogP contribution in [0.1, 0.15) is 29.6 Å². The Morgan fingerprint density at radius 2 is 2.19 bits per heavy atom. The number of carbonyl (C=O) groups is 2. The zero-order chi connectivity index (χ0) is 15.1. The van der Waals surface area contributed by atoms with Crippen LogP contribution in [0.15, 0.2) is 24.3 Å². The van der Waals surface area contributed by atoms with E-state index in [4.69, 9.17) is 4.74 Å². The second-order valence-corrected chi connectivity index (χ2v) is 5.16. The van der Waals surface area contributed by atoms with Crippen molar-refractivity contribution in [3.63, 3.8) is 0 Å². The predicted molar refractivity (Wildman–Crippen MR) is 81.7 cm³/mol. The van der Waals surface area contributed by atoms with Gasteiger partial charge in [0.25, 0.3) is 0 Å². The smallest absolute Gasteiger partial charge is 0.239 e.